The highest BCUT2D eigenvalue weighted by Crippen LogP contribution is 2.18. The molecule has 2 aromatic heterocycles. The number of anilines is 1. The van der Waals surface area contributed by atoms with E-state index < -0.39 is 0 Å². The number of nitrogens with zero attached hydrogens (tertiary/aromatic N) is 2. The van der Waals surface area contributed by atoms with Crippen molar-refractivity contribution in [3.05, 3.63) is 51.8 Å². The fourth-order valence-electron chi connectivity index (χ4n) is 2.67. The van der Waals surface area contributed by atoms with Crippen molar-refractivity contribution in [2.75, 3.05) is 18.4 Å². The van der Waals surface area contributed by atoms with Crippen LogP contribution >= 0.6 is 0 Å². The van der Waals surface area contributed by atoms with E-state index in [1.54, 1.807) is 25.1 Å². The molecule has 27 heavy (non-hydrogen) atoms. The molecule has 142 valence electrons. The van der Waals surface area contributed by atoms with Gasteiger partial charge in [0.2, 0.25) is 5.95 Å². The van der Waals surface area contributed by atoms with Crippen LogP contribution in [0.15, 0.2) is 33.5 Å². The number of unbranched alkanes of at least 4 members (excludes halogenated alkanes) is 1. The van der Waals surface area contributed by atoms with Gasteiger partial charge in [-0.15, -0.1) is 0 Å². The fourth-order valence-corrected chi connectivity index (χ4v) is 2.67. The molecule has 3 rings (SSSR count). The van der Waals surface area contributed by atoms with Crippen LogP contribution in [0.25, 0.3) is 11.1 Å². The van der Waals surface area contributed by atoms with Crippen molar-refractivity contribution >= 4 is 23.0 Å². The number of carbonyl (C=O) groups is 1. The van der Waals surface area contributed by atoms with Crippen molar-refractivity contribution in [3.8, 4) is 0 Å². The molecular weight excluding hydrogens is 346 g/mol. The third-order valence-corrected chi connectivity index (χ3v) is 4.01. The summed E-state index contributed by atoms with van der Waals surface area (Å²) in [5, 5.41) is 5.80. The quantitative estimate of drug-likeness (QED) is 0.526. The number of hydrogen-bond acceptors (Lipinski definition) is 6. The fraction of sp³-hybridized carbons (Fsp3) is 0.368. The van der Waals surface area contributed by atoms with Crippen LogP contribution in [0.2, 0.25) is 0 Å². The molecule has 1 aromatic carbocycles. The Kier molecular flexibility index (Phi) is 5.85. The largest absolute Gasteiger partial charge is 0.441 e. The van der Waals surface area contributed by atoms with Gasteiger partial charge in [-0.05, 0) is 31.5 Å². The van der Waals surface area contributed by atoms with Crippen LogP contribution < -0.4 is 16.2 Å². The number of aryl methyl sites for hydroxylation is 2. The number of aromatic amines is 1. The molecule has 0 bridgehead atoms. The summed E-state index contributed by atoms with van der Waals surface area (Å²) in [5.41, 5.74) is 2.32. The van der Waals surface area contributed by atoms with Crippen molar-refractivity contribution < 1.29 is 9.21 Å². The van der Waals surface area contributed by atoms with Gasteiger partial charge >= 0.3 is 0 Å². The number of H-pyrrole nitrogens is 1. The van der Waals surface area contributed by atoms with Gasteiger partial charge in [-0.25, -0.2) is 9.97 Å². The van der Waals surface area contributed by atoms with Crippen LogP contribution in [-0.4, -0.2) is 33.9 Å². The number of carbonyl (C=O) groups excluding carboxylic acids is 1. The van der Waals surface area contributed by atoms with Gasteiger partial charge in [-0.2, -0.15) is 0 Å². The van der Waals surface area contributed by atoms with Gasteiger partial charge in [0.05, 0.1) is 0 Å². The highest BCUT2D eigenvalue weighted by molar-refractivity contribution is 5.97. The Labute approximate surface area is 156 Å². The lowest BCUT2D eigenvalue weighted by atomic mass is 10.2. The molecule has 0 atom stereocenters. The molecule has 8 nitrogen and oxygen atoms in total. The van der Waals surface area contributed by atoms with E-state index in [-0.39, 0.29) is 11.5 Å². The normalized spacial score (nSPS) is 10.9. The van der Waals surface area contributed by atoms with E-state index in [1.165, 1.54) is 6.07 Å². The van der Waals surface area contributed by atoms with Gasteiger partial charge in [0.25, 0.3) is 11.5 Å². The van der Waals surface area contributed by atoms with E-state index in [1.807, 2.05) is 0 Å². The molecule has 3 N–H and O–H groups in total. The number of benzene rings is 1. The van der Waals surface area contributed by atoms with Gasteiger partial charge in [0.15, 0.2) is 11.5 Å². The van der Waals surface area contributed by atoms with Crippen molar-refractivity contribution in [1.82, 2.24) is 20.3 Å². The number of oxazole rings is 1. The van der Waals surface area contributed by atoms with Crippen LogP contribution in [0.1, 0.15) is 41.7 Å². The second kappa shape index (κ2) is 8.48. The first-order valence-corrected chi connectivity index (χ1v) is 9.04. The monoisotopic (exact) mass is 369 g/mol. The van der Waals surface area contributed by atoms with Gasteiger partial charge < -0.3 is 15.1 Å². The average Bonchev–Trinajstić information content (AvgIpc) is 3.04. The minimum Gasteiger partial charge on any atom is -0.441 e. The molecule has 0 unspecified atom stereocenters. The van der Waals surface area contributed by atoms with Crippen LogP contribution in [0, 0.1) is 6.92 Å². The summed E-state index contributed by atoms with van der Waals surface area (Å²) >= 11 is 0. The van der Waals surface area contributed by atoms with E-state index in [0.29, 0.717) is 47.3 Å². The summed E-state index contributed by atoms with van der Waals surface area (Å²) in [6.07, 6.45) is 2.90. The lowest BCUT2D eigenvalue weighted by Crippen LogP contribution is -2.29. The lowest BCUT2D eigenvalue weighted by Gasteiger charge is -2.07. The third-order valence-electron chi connectivity index (χ3n) is 4.01. The van der Waals surface area contributed by atoms with Gasteiger partial charge in [0, 0.05) is 36.8 Å². The summed E-state index contributed by atoms with van der Waals surface area (Å²) in [6.45, 7) is 4.68. The molecule has 0 saturated carbocycles. The highest BCUT2D eigenvalue weighted by atomic mass is 16.3. The first-order chi connectivity index (χ1) is 13.0. The molecule has 0 aliphatic heterocycles. The molecule has 0 aliphatic carbocycles. The third kappa shape index (κ3) is 4.93. The Hall–Kier alpha value is -3.16. The number of hydrogen-bond donors (Lipinski definition) is 3. The molecule has 8 heteroatoms. The topological polar surface area (TPSA) is 113 Å². The summed E-state index contributed by atoms with van der Waals surface area (Å²) in [4.78, 5) is 34.9. The Balaban J connectivity index is 1.55. The maximum Gasteiger partial charge on any atom is 0.252 e. The standard InChI is InChI=1S/C19H23N5O3/c1-3-4-5-17-23-14-11-13(6-7-15(14)27-17)18(26)20-8-9-21-19-22-12(2)10-16(25)24-19/h6-7,10-11H,3-5,8-9H2,1-2H3,(H,20,26)(H2,21,22,24,25). The SMILES string of the molecule is CCCCc1nc2cc(C(=O)NCCNc3nc(C)cc(=O)[nH]3)ccc2o1. The number of aromatic nitrogens is 3. The van der Waals surface area contributed by atoms with Gasteiger partial charge in [0.1, 0.15) is 5.52 Å². The second-order valence-corrected chi connectivity index (χ2v) is 6.31. The molecule has 0 spiro atoms. The van der Waals surface area contributed by atoms with Crippen molar-refractivity contribution in [3.63, 3.8) is 0 Å². The van der Waals surface area contributed by atoms with Crippen molar-refractivity contribution in [1.29, 1.82) is 0 Å². The molecule has 0 saturated heterocycles. The second-order valence-electron chi connectivity index (χ2n) is 6.31. The first-order valence-electron chi connectivity index (χ1n) is 9.04. The zero-order valence-corrected chi connectivity index (χ0v) is 15.5. The molecular formula is C19H23N5O3. The highest BCUT2D eigenvalue weighted by Gasteiger charge is 2.10. The zero-order chi connectivity index (χ0) is 19.2. The van der Waals surface area contributed by atoms with Crippen LogP contribution in [0.3, 0.4) is 0 Å². The zero-order valence-electron chi connectivity index (χ0n) is 15.5. The van der Waals surface area contributed by atoms with Crippen molar-refractivity contribution in [2.45, 2.75) is 33.1 Å². The van der Waals surface area contributed by atoms with Crippen molar-refractivity contribution in [2.24, 2.45) is 0 Å². The number of nitrogens with one attached hydrogen (secondary N) is 3. The average molecular weight is 369 g/mol. The summed E-state index contributed by atoms with van der Waals surface area (Å²) in [7, 11) is 0. The number of amides is 1. The maximum absolute atomic E-state index is 12.3. The predicted molar refractivity (Wildman–Crippen MR) is 103 cm³/mol. The Morgan fingerprint density at radius 1 is 1.22 bits per heavy atom. The summed E-state index contributed by atoms with van der Waals surface area (Å²) in [5.74, 6) is 0.897. The van der Waals surface area contributed by atoms with Crippen LogP contribution in [0.4, 0.5) is 5.95 Å². The van der Waals surface area contributed by atoms with E-state index in [4.69, 9.17) is 4.42 Å². The molecule has 1 amide bonds. The first kappa shape index (κ1) is 18.6. The smallest absolute Gasteiger partial charge is 0.252 e. The molecule has 3 aromatic rings. The van der Waals surface area contributed by atoms with E-state index >= 15 is 0 Å². The Morgan fingerprint density at radius 3 is 2.85 bits per heavy atom. The predicted octanol–water partition coefficient (Wildman–Crippen LogP) is 2.40. The van der Waals surface area contributed by atoms with E-state index in [0.717, 1.165) is 19.3 Å². The molecule has 0 radical (unpaired) electrons. The minimum atomic E-state index is -0.215. The van der Waals surface area contributed by atoms with E-state index in [2.05, 4.69) is 32.5 Å². The maximum atomic E-state index is 12.3. The summed E-state index contributed by atoms with van der Waals surface area (Å²) < 4.78 is 5.68. The summed E-state index contributed by atoms with van der Waals surface area (Å²) in [6, 6.07) is 6.64. The molecule has 2 heterocycles. The van der Waals surface area contributed by atoms with E-state index in [9.17, 15) is 9.59 Å². The van der Waals surface area contributed by atoms with Crippen LogP contribution in [0.5, 0.6) is 0 Å². The number of fused-ring (bicyclic) bond motifs is 1. The van der Waals surface area contributed by atoms with Gasteiger partial charge in [-0.3, -0.25) is 14.6 Å². The molecule has 0 aliphatic rings. The minimum absolute atomic E-state index is 0.192. The number of rotatable bonds is 8. The molecule has 0 fully saturated rings. The van der Waals surface area contributed by atoms with Crippen LogP contribution in [-0.2, 0) is 6.42 Å². The Bertz CT molecular complexity index is 992. The van der Waals surface area contributed by atoms with Gasteiger partial charge in [-0.1, -0.05) is 13.3 Å². The Morgan fingerprint density at radius 2 is 2.07 bits per heavy atom. The lowest BCUT2D eigenvalue weighted by molar-refractivity contribution is 0.0955.